The second kappa shape index (κ2) is 8.41. The van der Waals surface area contributed by atoms with Gasteiger partial charge in [-0.15, -0.1) is 8.07 Å². The smallest absolute Gasteiger partial charge is 0.0379 e. The minimum absolute atomic E-state index is 0. The summed E-state index contributed by atoms with van der Waals surface area (Å²) in [5, 5.41) is 0. The molecule has 0 heterocycles. The van der Waals surface area contributed by atoms with Crippen molar-refractivity contribution in [1.82, 2.24) is 0 Å². The van der Waals surface area contributed by atoms with Gasteiger partial charge in [-0.25, -0.2) is 0 Å². The van der Waals surface area contributed by atoms with Gasteiger partial charge < -0.3 is 6.55 Å². The fraction of sp³-hybridized carbons (Fsp3) is 0.857. The van der Waals surface area contributed by atoms with Crippen LogP contribution >= 0.6 is 0 Å². The van der Waals surface area contributed by atoms with Crippen LogP contribution in [0, 0.1) is 6.55 Å². The van der Waals surface area contributed by atoms with E-state index >= 15 is 0 Å². The summed E-state index contributed by atoms with van der Waals surface area (Å²) in [5.41, 5.74) is 0. The summed E-state index contributed by atoms with van der Waals surface area (Å²) in [6, 6.07) is 0. The molecule has 0 fully saturated rings. The Labute approximate surface area is 88.5 Å². The maximum atomic E-state index is 3.91. The van der Waals surface area contributed by atoms with Crippen LogP contribution in [-0.2, 0) is 26.2 Å². The average Bonchev–Trinajstić information content (AvgIpc) is 1.19. The van der Waals surface area contributed by atoms with E-state index in [4.69, 9.17) is 0 Å². The van der Waals surface area contributed by atoms with Crippen LogP contribution in [-0.4, -0.2) is 16.9 Å². The van der Waals surface area contributed by atoms with Crippen molar-refractivity contribution in [2.75, 3.05) is 0 Å². The zero-order valence-corrected chi connectivity index (χ0v) is 12.7. The van der Waals surface area contributed by atoms with Gasteiger partial charge in [0, 0.05) is 35.0 Å². The standard InChI is InChI=1S/C4H11Si.C3H9Si.Zr/c1-5(2,3)4;1-4(2)3;/h1H2,2-4H3;1-3H3;/q-1;;. The predicted octanol–water partition coefficient (Wildman–Crippen LogP) is 3.07. The third-order valence-corrected chi connectivity index (χ3v) is 0. The van der Waals surface area contributed by atoms with Crippen LogP contribution in [0.4, 0.5) is 0 Å². The molecule has 0 rings (SSSR count). The van der Waals surface area contributed by atoms with Gasteiger partial charge in [0.2, 0.25) is 0 Å². The molecule has 0 N–H and O–H groups in total. The average molecular weight is 252 g/mol. The molecule has 0 bridgehead atoms. The van der Waals surface area contributed by atoms with Crippen molar-refractivity contribution < 1.29 is 26.2 Å². The van der Waals surface area contributed by atoms with Gasteiger partial charge in [0.25, 0.3) is 0 Å². The van der Waals surface area contributed by atoms with Crippen LogP contribution in [0.2, 0.25) is 39.3 Å². The molecule has 0 unspecified atom stereocenters. The molecule has 0 atom stereocenters. The van der Waals surface area contributed by atoms with Gasteiger partial charge in [0.15, 0.2) is 0 Å². The third kappa shape index (κ3) is 372. The Hall–Kier alpha value is 1.32. The molecular formula is C7H20Si2Zr-. The molecule has 0 aliphatic carbocycles. The summed E-state index contributed by atoms with van der Waals surface area (Å²) in [4.78, 5) is 0. The molecule has 0 aliphatic rings. The van der Waals surface area contributed by atoms with Crippen LogP contribution in [0.1, 0.15) is 0 Å². The van der Waals surface area contributed by atoms with Gasteiger partial charge in [-0.1, -0.05) is 39.3 Å². The predicted molar refractivity (Wildman–Crippen MR) is 52.0 cm³/mol. The monoisotopic (exact) mass is 250 g/mol. The van der Waals surface area contributed by atoms with Crippen LogP contribution in [0.15, 0.2) is 0 Å². The van der Waals surface area contributed by atoms with Gasteiger partial charge >= 0.3 is 0 Å². The molecule has 0 aromatic heterocycles. The van der Waals surface area contributed by atoms with E-state index < -0.39 is 8.07 Å². The van der Waals surface area contributed by atoms with Crippen molar-refractivity contribution in [2.24, 2.45) is 0 Å². The topological polar surface area (TPSA) is 0 Å². The molecule has 0 aliphatic heterocycles. The Balaban J connectivity index is -0.0000000910. The van der Waals surface area contributed by atoms with E-state index in [2.05, 4.69) is 45.8 Å². The largest absolute Gasteiger partial charge is 0.342 e. The molecule has 10 heavy (non-hydrogen) atoms. The summed E-state index contributed by atoms with van der Waals surface area (Å²) >= 11 is 0. The van der Waals surface area contributed by atoms with Crippen molar-refractivity contribution in [3.8, 4) is 0 Å². The van der Waals surface area contributed by atoms with Crippen molar-refractivity contribution >= 4 is 16.9 Å². The van der Waals surface area contributed by atoms with Gasteiger partial charge in [-0.3, -0.25) is 0 Å². The first-order valence-corrected chi connectivity index (χ1v) is 10.1. The molecular weight excluding hydrogens is 231 g/mol. The van der Waals surface area contributed by atoms with E-state index in [0.29, 0.717) is 0 Å². The van der Waals surface area contributed by atoms with Gasteiger partial charge in [-0.05, 0) is 0 Å². The first-order chi connectivity index (χ1) is 3.73. The Morgan fingerprint density at radius 3 is 1.00 bits per heavy atom. The minimum atomic E-state index is -0.861. The molecule has 0 aromatic carbocycles. The number of hydrogen-bond acceptors (Lipinski definition) is 0. The molecule has 0 spiro atoms. The van der Waals surface area contributed by atoms with Gasteiger partial charge in [0.05, 0.1) is 0 Å². The number of hydrogen-bond donors (Lipinski definition) is 0. The summed E-state index contributed by atoms with van der Waals surface area (Å²) in [7, 11) is -0.741. The fourth-order valence-corrected chi connectivity index (χ4v) is 0. The normalized spacial score (nSPS) is 9.60. The molecule has 3 heteroatoms. The minimum Gasteiger partial charge on any atom is -0.342 e. The van der Waals surface area contributed by atoms with E-state index in [9.17, 15) is 0 Å². The molecule has 0 saturated heterocycles. The molecule has 0 amide bonds. The Kier molecular flexibility index (Phi) is 14.7. The summed E-state index contributed by atoms with van der Waals surface area (Å²) in [6.07, 6.45) is 0. The molecule has 1 radical (unpaired) electrons. The molecule has 0 saturated carbocycles. The zero-order chi connectivity index (χ0) is 8.08. The van der Waals surface area contributed by atoms with E-state index in [1.165, 1.54) is 0 Å². The molecule has 0 nitrogen and oxygen atoms in total. The van der Waals surface area contributed by atoms with E-state index in [1.807, 2.05) is 0 Å². The number of rotatable bonds is 0. The van der Waals surface area contributed by atoms with Gasteiger partial charge in [-0.2, -0.15) is 0 Å². The van der Waals surface area contributed by atoms with Crippen LogP contribution < -0.4 is 0 Å². The second-order valence-corrected chi connectivity index (χ2v) is 12.2. The van der Waals surface area contributed by atoms with E-state index in [0.717, 1.165) is 0 Å². The van der Waals surface area contributed by atoms with E-state index in [-0.39, 0.29) is 35.0 Å². The Bertz CT molecular complexity index is 48.4. The summed E-state index contributed by atoms with van der Waals surface area (Å²) in [5.74, 6) is 0. The maximum Gasteiger partial charge on any atom is 0.0379 e. The molecule has 61 valence electrons. The fourth-order valence-electron chi connectivity index (χ4n) is 0. The Morgan fingerprint density at radius 1 is 1.00 bits per heavy atom. The summed E-state index contributed by atoms with van der Waals surface area (Å²) in [6.45, 7) is 17.4. The van der Waals surface area contributed by atoms with Crippen LogP contribution in [0.5, 0.6) is 0 Å². The van der Waals surface area contributed by atoms with E-state index in [1.54, 1.807) is 0 Å². The Morgan fingerprint density at radius 2 is 1.00 bits per heavy atom. The van der Waals surface area contributed by atoms with Crippen molar-refractivity contribution in [1.29, 1.82) is 0 Å². The SMILES string of the molecule is C[Si](C)C.[CH2-][Si](C)(C)C.[Zr]. The van der Waals surface area contributed by atoms with Crippen molar-refractivity contribution in [3.63, 3.8) is 0 Å². The van der Waals surface area contributed by atoms with Crippen molar-refractivity contribution in [3.05, 3.63) is 6.55 Å². The third-order valence-electron chi connectivity index (χ3n) is 0. The zero-order valence-electron chi connectivity index (χ0n) is 8.21. The molecule has 0 aromatic rings. The van der Waals surface area contributed by atoms with Crippen LogP contribution in [0.3, 0.4) is 0 Å². The quantitative estimate of drug-likeness (QED) is 0.459. The first-order valence-electron chi connectivity index (χ1n) is 3.35. The maximum absolute atomic E-state index is 3.91. The van der Waals surface area contributed by atoms with Gasteiger partial charge in [0.1, 0.15) is 0 Å². The first kappa shape index (κ1) is 17.4. The van der Waals surface area contributed by atoms with Crippen molar-refractivity contribution in [2.45, 2.75) is 39.3 Å². The summed E-state index contributed by atoms with van der Waals surface area (Å²) < 4.78 is 0. The second-order valence-electron chi connectivity index (χ2n) is 4.06. The van der Waals surface area contributed by atoms with Crippen LogP contribution in [0.25, 0.3) is 0 Å².